The van der Waals surface area contributed by atoms with E-state index in [9.17, 15) is 9.90 Å². The summed E-state index contributed by atoms with van der Waals surface area (Å²) in [5.74, 6) is 0.133. The number of rotatable bonds is 4. The number of aliphatic hydroxyl groups excluding tert-OH is 1. The van der Waals surface area contributed by atoms with Gasteiger partial charge in [-0.05, 0) is 17.5 Å². The summed E-state index contributed by atoms with van der Waals surface area (Å²) < 4.78 is 0. The van der Waals surface area contributed by atoms with Crippen LogP contribution in [0.3, 0.4) is 0 Å². The van der Waals surface area contributed by atoms with E-state index in [1.807, 2.05) is 32.0 Å². The van der Waals surface area contributed by atoms with Crippen molar-refractivity contribution in [3.8, 4) is 0 Å². The molecular formula is C16H20N2O2. The second kappa shape index (κ2) is 5.99. The summed E-state index contributed by atoms with van der Waals surface area (Å²) in [6.07, 6.45) is 4.97. The Kier molecular flexibility index (Phi) is 4.32. The molecule has 4 heteroatoms. The lowest BCUT2D eigenvalue weighted by atomic mass is 9.77. The quantitative estimate of drug-likeness (QED) is 0.857. The first-order valence-corrected chi connectivity index (χ1v) is 6.83. The molecule has 1 aromatic heterocycles. The van der Waals surface area contributed by atoms with Crippen LogP contribution in [0.4, 0.5) is 0 Å². The van der Waals surface area contributed by atoms with Gasteiger partial charge in [0, 0.05) is 43.9 Å². The smallest absolute Gasteiger partial charge is 0.168 e. The second-order valence-electron chi connectivity index (χ2n) is 5.91. The number of carbonyl (C=O) groups excluding carboxylic acids is 1. The van der Waals surface area contributed by atoms with Crippen LogP contribution in [-0.4, -0.2) is 28.6 Å². The highest BCUT2D eigenvalue weighted by Gasteiger charge is 2.32. The minimum Gasteiger partial charge on any atom is -0.511 e. The van der Waals surface area contributed by atoms with Gasteiger partial charge in [-0.25, -0.2) is 0 Å². The van der Waals surface area contributed by atoms with Crippen LogP contribution >= 0.6 is 0 Å². The maximum atomic E-state index is 12.0. The van der Waals surface area contributed by atoms with Gasteiger partial charge in [-0.2, -0.15) is 0 Å². The van der Waals surface area contributed by atoms with Crippen molar-refractivity contribution in [1.82, 2.24) is 4.98 Å². The molecule has 0 aromatic carbocycles. The summed E-state index contributed by atoms with van der Waals surface area (Å²) in [7, 11) is 0. The summed E-state index contributed by atoms with van der Waals surface area (Å²) in [5, 5.41) is 9.95. The fourth-order valence-corrected chi connectivity index (χ4v) is 2.33. The fraction of sp³-hybridized carbons (Fsp3) is 0.438. The van der Waals surface area contributed by atoms with Crippen molar-refractivity contribution in [2.24, 2.45) is 10.4 Å². The Morgan fingerprint density at radius 2 is 2.20 bits per heavy atom. The van der Waals surface area contributed by atoms with Crippen LogP contribution in [0.5, 0.6) is 0 Å². The van der Waals surface area contributed by atoms with E-state index in [4.69, 9.17) is 0 Å². The van der Waals surface area contributed by atoms with Crippen molar-refractivity contribution in [3.05, 3.63) is 41.4 Å². The Hall–Kier alpha value is -1.97. The Morgan fingerprint density at radius 3 is 2.85 bits per heavy atom. The Bertz CT molecular complexity index is 545. The molecule has 1 N–H and O–H groups in total. The van der Waals surface area contributed by atoms with E-state index in [1.165, 1.54) is 6.21 Å². The van der Waals surface area contributed by atoms with Crippen LogP contribution in [0.15, 0.2) is 40.7 Å². The lowest BCUT2D eigenvalue weighted by molar-refractivity contribution is -0.117. The molecule has 1 heterocycles. The number of hydrogen-bond acceptors (Lipinski definition) is 4. The zero-order chi connectivity index (χ0) is 14.6. The van der Waals surface area contributed by atoms with Gasteiger partial charge < -0.3 is 5.11 Å². The first-order chi connectivity index (χ1) is 9.48. The minimum absolute atomic E-state index is 0.0275. The van der Waals surface area contributed by atoms with Gasteiger partial charge in [0.1, 0.15) is 5.76 Å². The number of aliphatic hydroxyl groups is 1. The predicted molar refractivity (Wildman–Crippen MR) is 79.0 cm³/mol. The van der Waals surface area contributed by atoms with Gasteiger partial charge in [-0.1, -0.05) is 19.9 Å². The van der Waals surface area contributed by atoms with Crippen LogP contribution in [0, 0.1) is 5.41 Å². The van der Waals surface area contributed by atoms with Crippen LogP contribution in [0.25, 0.3) is 0 Å². The number of carbonyl (C=O) groups is 1. The van der Waals surface area contributed by atoms with Gasteiger partial charge in [-0.15, -0.1) is 0 Å². The van der Waals surface area contributed by atoms with Crippen LogP contribution in [0.2, 0.25) is 0 Å². The molecule has 0 fully saturated rings. The molecule has 1 aliphatic rings. The van der Waals surface area contributed by atoms with Gasteiger partial charge in [0.15, 0.2) is 5.78 Å². The molecule has 0 saturated heterocycles. The zero-order valence-corrected chi connectivity index (χ0v) is 12.0. The molecular weight excluding hydrogens is 252 g/mol. The van der Waals surface area contributed by atoms with E-state index in [1.54, 1.807) is 6.20 Å². The van der Waals surface area contributed by atoms with Crippen molar-refractivity contribution in [1.29, 1.82) is 0 Å². The third kappa shape index (κ3) is 3.76. The number of allylic oxidation sites excluding steroid dienone is 2. The number of aromatic nitrogens is 1. The molecule has 0 atom stereocenters. The number of nitrogens with zero attached hydrogens (tertiary/aromatic N) is 2. The maximum Gasteiger partial charge on any atom is 0.168 e. The van der Waals surface area contributed by atoms with Crippen molar-refractivity contribution in [2.45, 2.75) is 33.1 Å². The molecule has 0 radical (unpaired) electrons. The first-order valence-electron chi connectivity index (χ1n) is 6.83. The molecule has 20 heavy (non-hydrogen) atoms. The summed E-state index contributed by atoms with van der Waals surface area (Å²) in [6, 6.07) is 5.76. The molecule has 0 bridgehead atoms. The van der Waals surface area contributed by atoms with Gasteiger partial charge in [0.25, 0.3) is 0 Å². The third-order valence-electron chi connectivity index (χ3n) is 3.34. The summed E-state index contributed by atoms with van der Waals surface area (Å²) >= 11 is 0. The van der Waals surface area contributed by atoms with Gasteiger partial charge in [-0.3, -0.25) is 14.8 Å². The molecule has 0 unspecified atom stereocenters. The van der Waals surface area contributed by atoms with Crippen LogP contribution < -0.4 is 0 Å². The molecule has 0 aliphatic heterocycles. The van der Waals surface area contributed by atoms with Crippen molar-refractivity contribution in [2.75, 3.05) is 6.54 Å². The van der Waals surface area contributed by atoms with E-state index in [2.05, 4.69) is 9.98 Å². The average molecular weight is 272 g/mol. The van der Waals surface area contributed by atoms with E-state index in [-0.39, 0.29) is 17.0 Å². The molecule has 4 nitrogen and oxygen atoms in total. The Morgan fingerprint density at radius 1 is 1.40 bits per heavy atom. The minimum atomic E-state index is -0.160. The topological polar surface area (TPSA) is 62.5 Å². The number of aliphatic imine (C=N–C) groups is 1. The highest BCUT2D eigenvalue weighted by molar-refractivity contribution is 6.14. The molecule has 0 saturated carbocycles. The largest absolute Gasteiger partial charge is 0.511 e. The van der Waals surface area contributed by atoms with E-state index in [0.717, 1.165) is 12.1 Å². The maximum absolute atomic E-state index is 12.0. The number of Topliss-reactive ketones (excluding diaryl/α,β-unsaturated/α-hetero) is 1. The third-order valence-corrected chi connectivity index (χ3v) is 3.34. The number of pyridine rings is 1. The molecule has 1 aromatic rings. The average Bonchev–Trinajstić information content (AvgIpc) is 2.37. The Balaban J connectivity index is 1.96. The molecule has 2 rings (SSSR count). The van der Waals surface area contributed by atoms with Crippen molar-refractivity contribution in [3.63, 3.8) is 0 Å². The van der Waals surface area contributed by atoms with Crippen LogP contribution in [0.1, 0.15) is 32.4 Å². The summed E-state index contributed by atoms with van der Waals surface area (Å²) in [4.78, 5) is 20.4. The standard InChI is InChI=1S/C16H20N2O2/c1-16(2)9-14(19)13(15(20)10-16)11-17-8-6-12-5-3-4-7-18-12/h3-5,7,11,19H,6,8-10H2,1-2H3. The van der Waals surface area contributed by atoms with Gasteiger partial charge in [0.2, 0.25) is 0 Å². The lowest BCUT2D eigenvalue weighted by Gasteiger charge is -2.28. The SMILES string of the molecule is CC1(C)CC(=O)C(C=NCCc2ccccn2)=C(O)C1. The fourth-order valence-electron chi connectivity index (χ4n) is 2.33. The summed E-state index contributed by atoms with van der Waals surface area (Å²) in [5.41, 5.74) is 1.18. The molecule has 106 valence electrons. The van der Waals surface area contributed by atoms with E-state index in [0.29, 0.717) is 25.0 Å². The normalized spacial score (nSPS) is 18.8. The molecule has 0 spiro atoms. The molecule has 1 aliphatic carbocycles. The predicted octanol–water partition coefficient (Wildman–Crippen LogP) is 2.90. The van der Waals surface area contributed by atoms with Gasteiger partial charge >= 0.3 is 0 Å². The summed E-state index contributed by atoms with van der Waals surface area (Å²) in [6.45, 7) is 4.52. The van der Waals surface area contributed by atoms with E-state index < -0.39 is 0 Å². The number of hydrogen-bond donors (Lipinski definition) is 1. The lowest BCUT2D eigenvalue weighted by Crippen LogP contribution is -2.26. The van der Waals surface area contributed by atoms with E-state index >= 15 is 0 Å². The highest BCUT2D eigenvalue weighted by Crippen LogP contribution is 2.35. The monoisotopic (exact) mass is 272 g/mol. The van der Waals surface area contributed by atoms with Crippen molar-refractivity contribution >= 4 is 12.0 Å². The first kappa shape index (κ1) is 14.4. The van der Waals surface area contributed by atoms with Gasteiger partial charge in [0.05, 0.1) is 5.57 Å². The number of ketones is 1. The zero-order valence-electron chi connectivity index (χ0n) is 12.0. The van der Waals surface area contributed by atoms with Crippen LogP contribution in [-0.2, 0) is 11.2 Å². The second-order valence-corrected chi connectivity index (χ2v) is 5.91. The Labute approximate surface area is 119 Å². The molecule has 0 amide bonds. The van der Waals surface area contributed by atoms with Crippen molar-refractivity contribution < 1.29 is 9.90 Å². The highest BCUT2D eigenvalue weighted by atomic mass is 16.3.